The fraction of sp³-hybridized carbons (Fsp3) is 0.462. The van der Waals surface area contributed by atoms with Crippen molar-refractivity contribution in [3.8, 4) is 11.5 Å². The molecule has 3 heterocycles. The molecule has 2 amide bonds. The zero-order valence-electron chi connectivity index (χ0n) is 34.5. The summed E-state index contributed by atoms with van der Waals surface area (Å²) >= 11 is 0. The van der Waals surface area contributed by atoms with Crippen molar-refractivity contribution < 1.29 is 58.2 Å². The minimum atomic E-state index is -5.47. The summed E-state index contributed by atoms with van der Waals surface area (Å²) in [5, 5.41) is 9.24. The second-order valence-corrected chi connectivity index (χ2v) is 21.3. The summed E-state index contributed by atoms with van der Waals surface area (Å²) in [6.07, 6.45) is 1.27. The zero-order valence-corrected chi connectivity index (χ0v) is 36.9. The van der Waals surface area contributed by atoms with Crippen molar-refractivity contribution in [3.05, 3.63) is 84.7 Å². The topological polar surface area (TPSA) is 299 Å². The number of nitrogens with zero attached hydrogens (tertiary/aromatic N) is 4. The number of nitrogens with one attached hydrogen (secondary N) is 3. The Morgan fingerprint density at radius 1 is 1.00 bits per heavy atom. The third-order valence-electron chi connectivity index (χ3n) is 11.0. The maximum atomic E-state index is 14.5. The van der Waals surface area contributed by atoms with E-state index in [1.54, 1.807) is 12.1 Å². The summed E-state index contributed by atoms with van der Waals surface area (Å²) in [4.78, 5) is 33.3. The van der Waals surface area contributed by atoms with Crippen molar-refractivity contribution in [2.24, 2.45) is 5.11 Å². The Kier molecular flexibility index (Phi) is 11.9. The van der Waals surface area contributed by atoms with E-state index >= 15 is 0 Å². The predicted molar refractivity (Wildman–Crippen MR) is 220 cm³/mol. The van der Waals surface area contributed by atoms with E-state index in [9.17, 15) is 48.5 Å². The maximum Gasteiger partial charge on any atom is 0.304 e. The van der Waals surface area contributed by atoms with E-state index in [1.165, 1.54) is 25.2 Å². The van der Waals surface area contributed by atoms with Crippen molar-refractivity contribution in [2.45, 2.75) is 93.5 Å². The van der Waals surface area contributed by atoms with Gasteiger partial charge in [-0.15, -0.1) is 0 Å². The van der Waals surface area contributed by atoms with E-state index in [2.05, 4.69) is 25.7 Å². The van der Waals surface area contributed by atoms with Crippen molar-refractivity contribution in [2.75, 3.05) is 37.8 Å². The lowest BCUT2D eigenvalue weighted by atomic mass is 9.79. The summed E-state index contributed by atoms with van der Waals surface area (Å²) in [5.41, 5.74) is 7.58. The Labute approximate surface area is 353 Å². The van der Waals surface area contributed by atoms with Gasteiger partial charge in [-0.1, -0.05) is 25.0 Å². The van der Waals surface area contributed by atoms with Gasteiger partial charge in [-0.05, 0) is 93.3 Å². The highest BCUT2D eigenvalue weighted by atomic mass is 32.2. The summed E-state index contributed by atoms with van der Waals surface area (Å²) in [7, 11) is -14.0. The molecule has 22 heteroatoms. The number of ether oxygens (including phenoxy) is 1. The average Bonchev–Trinajstić information content (AvgIpc) is 3.12. The molecule has 3 aliphatic heterocycles. The normalized spacial score (nSPS) is 18.7. The number of anilines is 1. The lowest BCUT2D eigenvalue weighted by molar-refractivity contribution is -0.590. The monoisotopic (exact) mass is 901 g/mol. The van der Waals surface area contributed by atoms with Gasteiger partial charge in [0, 0.05) is 76.6 Å². The number of fused-ring (bicyclic) bond motifs is 4. The van der Waals surface area contributed by atoms with Crippen LogP contribution in [0, 0.1) is 0 Å². The van der Waals surface area contributed by atoms with Crippen LogP contribution in [0.4, 0.5) is 5.69 Å². The Balaban J connectivity index is 1.80. The minimum Gasteiger partial charge on any atom is -0.744 e. The number of azide groups is 1. The number of hydrogen-bond acceptors (Lipinski definition) is 12. The first kappa shape index (κ1) is 45.4. The van der Waals surface area contributed by atoms with Gasteiger partial charge in [-0.2, -0.15) is 16.8 Å². The highest BCUT2D eigenvalue weighted by Gasteiger charge is 2.42. The molecule has 3 aliphatic rings. The number of benzene rings is 3. The first-order chi connectivity index (χ1) is 28.1. The smallest absolute Gasteiger partial charge is 0.304 e. The van der Waals surface area contributed by atoms with Gasteiger partial charge < -0.3 is 24.8 Å². The van der Waals surface area contributed by atoms with Gasteiger partial charge in [0.1, 0.15) is 15.0 Å². The van der Waals surface area contributed by atoms with Crippen LogP contribution in [0.5, 0.6) is 11.5 Å². The molecule has 6 rings (SSSR count). The van der Waals surface area contributed by atoms with E-state index in [0.29, 0.717) is 24.0 Å². The van der Waals surface area contributed by atoms with Crippen LogP contribution in [0.25, 0.3) is 16.0 Å². The zero-order chi connectivity index (χ0) is 45.2. The minimum absolute atomic E-state index is 0.00132. The Morgan fingerprint density at radius 3 is 2.30 bits per heavy atom. The number of rotatable bonds is 12. The molecule has 3 aromatic carbocycles. The average molecular weight is 902 g/mol. The molecule has 0 bridgehead atoms. The van der Waals surface area contributed by atoms with Gasteiger partial charge in [0.05, 0.1) is 11.4 Å². The third-order valence-corrected chi connectivity index (χ3v) is 13.5. The molecule has 2 atom stereocenters. The van der Waals surface area contributed by atoms with E-state index in [0.717, 1.165) is 4.90 Å². The summed E-state index contributed by atoms with van der Waals surface area (Å²) < 4.78 is 118. The highest BCUT2D eigenvalue weighted by molar-refractivity contribution is 7.86. The van der Waals surface area contributed by atoms with Crippen LogP contribution in [-0.2, 0) is 30.4 Å². The van der Waals surface area contributed by atoms with Gasteiger partial charge in [0.15, 0.2) is 17.0 Å². The molecule has 0 saturated heterocycles. The van der Waals surface area contributed by atoms with Crippen molar-refractivity contribution in [1.29, 1.82) is 0 Å². The lowest BCUT2D eigenvalue weighted by Crippen LogP contribution is -2.91. The Morgan fingerprint density at radius 2 is 1.67 bits per heavy atom. The number of hydrogen-bond donors (Lipinski definition) is 5. The molecule has 0 aliphatic carbocycles. The molecule has 2 unspecified atom stereocenters. The van der Waals surface area contributed by atoms with Gasteiger partial charge in [-0.3, -0.25) is 18.7 Å². The molecule has 0 aromatic heterocycles. The summed E-state index contributed by atoms with van der Waals surface area (Å²) in [6.45, 7) is 10.6. The molecule has 0 radical (unpaired) electrons. The molecule has 61 heavy (non-hydrogen) atoms. The Hall–Kier alpha value is -5.09. The lowest BCUT2D eigenvalue weighted by Gasteiger charge is -2.40. The highest BCUT2D eigenvalue weighted by Crippen LogP contribution is 2.51. The number of carbonyl (C=O) groups is 2. The number of carbonyl (C=O) groups excluding carboxylic acids is 2. The predicted octanol–water partition coefficient (Wildman–Crippen LogP) is 2.26. The molecular weight excluding hydrogens is 855 g/mol. The quantitative estimate of drug-likeness (QED) is 0.0449. The van der Waals surface area contributed by atoms with Gasteiger partial charge in [0.2, 0.25) is 10.3 Å². The van der Waals surface area contributed by atoms with Gasteiger partial charge >= 0.3 is 10.1 Å². The standard InChI is InChI=1S/C39H47N7O12S3/c1-20-18-38(3,4)43-30-24(20)16-27-29(23-10-9-22(36(47)41-11-8-12-42-45-40)15-26(23)37(48)46(7)13-14-59(49,50)51)28-17-25-21(2)19-39(5,6)44-31(25)35(61(55,56)57)33(28)58-32(27)34(30)60(52,53)54/h9-10,15-17,20-21,43H,8,11-14,18-19H2,1-7H3,(H,41,47)(H,49,50,51)(H,52,53,54)(H,55,56,57). The summed E-state index contributed by atoms with van der Waals surface area (Å²) in [6, 6.07) is 7.17. The molecule has 0 fully saturated rings. The van der Waals surface area contributed by atoms with Crippen LogP contribution in [0.3, 0.4) is 0 Å². The number of amides is 2. The molecule has 0 saturated carbocycles. The van der Waals surface area contributed by atoms with E-state index in [-0.39, 0.29) is 75.4 Å². The second-order valence-electron chi connectivity index (χ2n) is 17.1. The van der Waals surface area contributed by atoms with Crippen LogP contribution in [0.15, 0.2) is 45.2 Å². The molecule has 5 N–H and O–H groups in total. The van der Waals surface area contributed by atoms with Crippen LogP contribution < -0.4 is 30.9 Å². The molecule has 328 valence electrons. The molecule has 19 nitrogen and oxygen atoms in total. The summed E-state index contributed by atoms with van der Waals surface area (Å²) in [5.74, 6) is -4.20. The molecule has 3 aromatic rings. The van der Waals surface area contributed by atoms with Gasteiger partial charge in [-0.25, -0.2) is 13.4 Å². The first-order valence-electron chi connectivity index (χ1n) is 19.3. The van der Waals surface area contributed by atoms with Crippen LogP contribution in [-0.4, -0.2) is 99.1 Å². The van der Waals surface area contributed by atoms with Gasteiger partial charge in [0.25, 0.3) is 21.9 Å². The van der Waals surface area contributed by atoms with Crippen LogP contribution in [0.2, 0.25) is 0 Å². The van der Waals surface area contributed by atoms with Crippen molar-refractivity contribution in [1.82, 2.24) is 10.2 Å². The fourth-order valence-corrected chi connectivity index (χ4v) is 10.7. The molecular formula is C39H47N7O12S3. The maximum absolute atomic E-state index is 14.5. The fourth-order valence-electron chi connectivity index (χ4n) is 8.62. The SMILES string of the molecule is CC1CC(C)(C)Nc2c1cc1c(c2S(=O)(=O)[O-])Oc2c(S(=O)(=O)O)c3c(cc2=C1c1ccc(C(=O)NCCCN=[N+]=[N-])cc1C(=O)N(C)CCS(=O)(=O)O)C(C)CC(C)(C)[NH+]=3. The van der Waals surface area contributed by atoms with Crippen LogP contribution in [0.1, 0.15) is 116 Å². The van der Waals surface area contributed by atoms with Crippen molar-refractivity contribution >= 4 is 53.4 Å². The largest absolute Gasteiger partial charge is 0.744 e. The van der Waals surface area contributed by atoms with Crippen molar-refractivity contribution in [3.63, 3.8) is 0 Å². The van der Waals surface area contributed by atoms with E-state index in [4.69, 9.17) is 10.3 Å². The van der Waals surface area contributed by atoms with E-state index < -0.39 is 86.8 Å². The first-order valence-corrected chi connectivity index (χ1v) is 23.7. The van der Waals surface area contributed by atoms with Crippen LogP contribution >= 0.6 is 0 Å². The Bertz CT molecular complexity index is 2910. The van der Waals surface area contributed by atoms with E-state index in [1.807, 2.05) is 41.5 Å². The third kappa shape index (κ3) is 9.25. The second kappa shape index (κ2) is 16.0. The molecule has 0 spiro atoms.